The monoisotopic (exact) mass is 288 g/mol. The fourth-order valence-electron chi connectivity index (χ4n) is 3.19. The lowest BCUT2D eigenvalue weighted by molar-refractivity contribution is 0.0749. The smallest absolute Gasteiger partial charge is 0.253 e. The van der Waals surface area contributed by atoms with Gasteiger partial charge in [0.2, 0.25) is 0 Å². The zero-order chi connectivity index (χ0) is 14.7. The molecule has 0 bridgehead atoms. The Labute approximate surface area is 126 Å². The number of aliphatic hydroxyl groups excluding tert-OH is 1. The molecule has 1 N–H and O–H groups in total. The summed E-state index contributed by atoms with van der Waals surface area (Å²) in [5, 5.41) is 9.06. The van der Waals surface area contributed by atoms with Crippen LogP contribution in [0.4, 0.5) is 0 Å². The summed E-state index contributed by atoms with van der Waals surface area (Å²) in [6, 6.07) is 8.06. The van der Waals surface area contributed by atoms with Gasteiger partial charge in [0.05, 0.1) is 6.61 Å². The maximum Gasteiger partial charge on any atom is 0.253 e. The lowest BCUT2D eigenvalue weighted by Crippen LogP contribution is -2.42. The number of rotatable bonds is 3. The largest absolute Gasteiger partial charge is 0.392 e. The summed E-state index contributed by atoms with van der Waals surface area (Å²) in [6.45, 7) is 3.83. The highest BCUT2D eigenvalue weighted by atomic mass is 16.3. The molecule has 2 fully saturated rings. The minimum absolute atomic E-state index is 0.0224. The second-order valence-electron chi connectivity index (χ2n) is 6.12. The van der Waals surface area contributed by atoms with Crippen LogP contribution in [0.5, 0.6) is 0 Å². The van der Waals surface area contributed by atoms with Gasteiger partial charge in [-0.05, 0) is 37.0 Å². The minimum Gasteiger partial charge on any atom is -0.392 e. The van der Waals surface area contributed by atoms with Crippen LogP contribution in [0, 0.1) is 0 Å². The van der Waals surface area contributed by atoms with Gasteiger partial charge in [-0.25, -0.2) is 0 Å². The maximum absolute atomic E-state index is 12.6. The Morgan fingerprint density at radius 3 is 2.43 bits per heavy atom. The van der Waals surface area contributed by atoms with Gasteiger partial charge in [-0.1, -0.05) is 18.6 Å². The Kier molecular flexibility index (Phi) is 4.56. The number of carbonyl (C=O) groups excluding carboxylic acids is 1. The van der Waals surface area contributed by atoms with Gasteiger partial charge in [-0.2, -0.15) is 0 Å². The van der Waals surface area contributed by atoms with E-state index < -0.39 is 0 Å². The van der Waals surface area contributed by atoms with Gasteiger partial charge in [-0.3, -0.25) is 9.69 Å². The van der Waals surface area contributed by atoms with Gasteiger partial charge in [-0.15, -0.1) is 0 Å². The van der Waals surface area contributed by atoms with Crippen LogP contribution in [0.15, 0.2) is 24.3 Å². The fraction of sp³-hybridized carbons (Fsp3) is 0.588. The average molecular weight is 288 g/mol. The third kappa shape index (κ3) is 3.27. The fourth-order valence-corrected chi connectivity index (χ4v) is 3.19. The van der Waals surface area contributed by atoms with Gasteiger partial charge in [0, 0.05) is 37.8 Å². The van der Waals surface area contributed by atoms with Crippen molar-refractivity contribution in [2.45, 2.75) is 38.3 Å². The SMILES string of the molecule is O=C(c1ccc(CO)cc1)N1CCCN(C2CCC2)CC1. The van der Waals surface area contributed by atoms with Crippen molar-refractivity contribution in [1.29, 1.82) is 0 Å². The van der Waals surface area contributed by atoms with E-state index in [1.807, 2.05) is 29.2 Å². The van der Waals surface area contributed by atoms with Crippen molar-refractivity contribution in [3.8, 4) is 0 Å². The summed E-state index contributed by atoms with van der Waals surface area (Å²) < 4.78 is 0. The van der Waals surface area contributed by atoms with Crippen LogP contribution in [-0.2, 0) is 6.61 Å². The van der Waals surface area contributed by atoms with Crippen LogP contribution in [0.1, 0.15) is 41.6 Å². The molecule has 1 amide bonds. The van der Waals surface area contributed by atoms with Crippen molar-refractivity contribution < 1.29 is 9.90 Å². The molecule has 1 aliphatic carbocycles. The second-order valence-corrected chi connectivity index (χ2v) is 6.12. The molecule has 0 aromatic heterocycles. The molecule has 1 aromatic rings. The topological polar surface area (TPSA) is 43.8 Å². The normalized spacial score (nSPS) is 20.9. The number of nitrogens with zero attached hydrogens (tertiary/aromatic N) is 2. The molecule has 0 radical (unpaired) electrons. The average Bonchev–Trinajstić information content (AvgIpc) is 2.71. The molecule has 0 unspecified atom stereocenters. The predicted octanol–water partition coefficient (Wildman–Crippen LogP) is 1.88. The van der Waals surface area contributed by atoms with Crippen molar-refractivity contribution in [1.82, 2.24) is 9.80 Å². The van der Waals surface area contributed by atoms with Crippen LogP contribution in [0.3, 0.4) is 0 Å². The van der Waals surface area contributed by atoms with Crippen LogP contribution < -0.4 is 0 Å². The Hall–Kier alpha value is -1.39. The number of aliphatic hydroxyl groups is 1. The highest BCUT2D eigenvalue weighted by molar-refractivity contribution is 5.94. The van der Waals surface area contributed by atoms with Gasteiger partial charge in [0.15, 0.2) is 0 Å². The van der Waals surface area contributed by atoms with Crippen LogP contribution in [0.2, 0.25) is 0 Å². The van der Waals surface area contributed by atoms with E-state index in [1.54, 1.807) is 0 Å². The van der Waals surface area contributed by atoms with E-state index in [-0.39, 0.29) is 12.5 Å². The summed E-state index contributed by atoms with van der Waals surface area (Å²) in [6.07, 6.45) is 5.09. The maximum atomic E-state index is 12.6. The predicted molar refractivity (Wildman–Crippen MR) is 82.1 cm³/mol. The first-order chi connectivity index (χ1) is 10.3. The number of hydrogen-bond acceptors (Lipinski definition) is 3. The Morgan fingerprint density at radius 1 is 1.05 bits per heavy atom. The van der Waals surface area contributed by atoms with E-state index in [2.05, 4.69) is 4.90 Å². The minimum atomic E-state index is 0.0224. The lowest BCUT2D eigenvalue weighted by Gasteiger charge is -2.36. The third-order valence-corrected chi connectivity index (χ3v) is 4.79. The summed E-state index contributed by atoms with van der Waals surface area (Å²) in [4.78, 5) is 17.1. The summed E-state index contributed by atoms with van der Waals surface area (Å²) in [5.74, 6) is 0.120. The van der Waals surface area contributed by atoms with Crippen LogP contribution in [-0.4, -0.2) is 53.0 Å². The molecule has 114 valence electrons. The quantitative estimate of drug-likeness (QED) is 0.923. The number of hydrogen-bond donors (Lipinski definition) is 1. The van der Waals surface area contributed by atoms with Crippen molar-refractivity contribution in [3.05, 3.63) is 35.4 Å². The molecule has 1 heterocycles. The Balaban J connectivity index is 1.61. The second kappa shape index (κ2) is 6.58. The highest BCUT2D eigenvalue weighted by Crippen LogP contribution is 2.25. The number of amides is 1. The first kappa shape index (κ1) is 14.5. The Bertz CT molecular complexity index is 482. The molecule has 0 spiro atoms. The first-order valence-corrected chi connectivity index (χ1v) is 8.01. The molecule has 1 saturated carbocycles. The molecule has 21 heavy (non-hydrogen) atoms. The van der Waals surface area contributed by atoms with Gasteiger partial charge >= 0.3 is 0 Å². The first-order valence-electron chi connectivity index (χ1n) is 8.01. The standard InChI is InChI=1S/C17H24N2O2/c20-13-14-5-7-15(8-6-14)17(21)19-10-2-9-18(11-12-19)16-3-1-4-16/h5-8,16,20H,1-4,9-13H2. The molecule has 1 aliphatic heterocycles. The van der Waals surface area contributed by atoms with Crippen molar-refractivity contribution in [2.75, 3.05) is 26.2 Å². The lowest BCUT2D eigenvalue weighted by atomic mass is 9.91. The molecule has 1 aromatic carbocycles. The molecule has 1 saturated heterocycles. The summed E-state index contributed by atoms with van der Waals surface area (Å²) >= 11 is 0. The van der Waals surface area contributed by atoms with E-state index in [1.165, 1.54) is 19.3 Å². The van der Waals surface area contributed by atoms with E-state index in [9.17, 15) is 4.79 Å². The van der Waals surface area contributed by atoms with Crippen molar-refractivity contribution >= 4 is 5.91 Å². The van der Waals surface area contributed by atoms with Crippen molar-refractivity contribution in [2.24, 2.45) is 0 Å². The Morgan fingerprint density at radius 2 is 1.81 bits per heavy atom. The molecule has 2 aliphatic rings. The summed E-state index contributed by atoms with van der Waals surface area (Å²) in [7, 11) is 0. The zero-order valence-corrected chi connectivity index (χ0v) is 12.5. The molecule has 0 atom stereocenters. The van der Waals surface area contributed by atoms with Crippen molar-refractivity contribution in [3.63, 3.8) is 0 Å². The number of carbonyl (C=O) groups is 1. The molecule has 4 heteroatoms. The van der Waals surface area contributed by atoms with E-state index in [0.717, 1.165) is 49.8 Å². The number of benzene rings is 1. The molecular formula is C17H24N2O2. The molecule has 4 nitrogen and oxygen atoms in total. The zero-order valence-electron chi connectivity index (χ0n) is 12.5. The third-order valence-electron chi connectivity index (χ3n) is 4.79. The van der Waals surface area contributed by atoms with Gasteiger partial charge < -0.3 is 10.0 Å². The highest BCUT2D eigenvalue weighted by Gasteiger charge is 2.27. The molecule has 3 rings (SSSR count). The van der Waals surface area contributed by atoms with Gasteiger partial charge in [0.25, 0.3) is 5.91 Å². The summed E-state index contributed by atoms with van der Waals surface area (Å²) in [5.41, 5.74) is 1.57. The molecular weight excluding hydrogens is 264 g/mol. The van der Waals surface area contributed by atoms with E-state index >= 15 is 0 Å². The van der Waals surface area contributed by atoms with Gasteiger partial charge in [0.1, 0.15) is 0 Å². The van der Waals surface area contributed by atoms with Crippen LogP contribution >= 0.6 is 0 Å². The van der Waals surface area contributed by atoms with E-state index in [0.29, 0.717) is 0 Å². The van der Waals surface area contributed by atoms with Crippen LogP contribution in [0.25, 0.3) is 0 Å². The van der Waals surface area contributed by atoms with E-state index in [4.69, 9.17) is 5.11 Å².